The molecule has 7 heteroatoms. The van der Waals surface area contributed by atoms with Gasteiger partial charge in [-0.2, -0.15) is 0 Å². The van der Waals surface area contributed by atoms with Gasteiger partial charge >= 0.3 is 5.97 Å². The summed E-state index contributed by atoms with van der Waals surface area (Å²) in [4.78, 5) is 42.9. The molecule has 1 atom stereocenters. The van der Waals surface area contributed by atoms with Gasteiger partial charge in [-0.1, -0.05) is 18.2 Å². The van der Waals surface area contributed by atoms with Crippen LogP contribution in [0.3, 0.4) is 0 Å². The quantitative estimate of drug-likeness (QED) is 0.915. The van der Waals surface area contributed by atoms with E-state index in [2.05, 4.69) is 4.98 Å². The number of carbonyl (C=O) groups excluding carboxylic acids is 2. The largest absolute Gasteiger partial charge is 0.477 e. The molecule has 0 aliphatic carbocycles. The van der Waals surface area contributed by atoms with Crippen LogP contribution in [-0.4, -0.2) is 52.4 Å². The zero-order chi connectivity index (χ0) is 18.0. The molecule has 2 aromatic rings. The minimum absolute atomic E-state index is 0.128. The third-order valence-corrected chi connectivity index (χ3v) is 4.26. The highest BCUT2D eigenvalue weighted by atomic mass is 16.4. The standard InChI is InChI=1S/C18H17N3O4/c1-20(16(22)12-7-8-14(18(24)25)19-11-12)15-9-10-21(17(15)23)13-5-3-2-4-6-13/h2-8,11,15H,9-10H2,1H3,(H,24,25). The third kappa shape index (κ3) is 3.21. The second kappa shape index (κ2) is 6.72. The number of carboxylic acids is 1. The molecule has 0 saturated carbocycles. The molecule has 7 nitrogen and oxygen atoms in total. The van der Waals surface area contributed by atoms with Crippen molar-refractivity contribution in [3.05, 3.63) is 59.9 Å². The zero-order valence-electron chi connectivity index (χ0n) is 13.6. The molecule has 2 amide bonds. The molecule has 1 aromatic heterocycles. The van der Waals surface area contributed by atoms with Crippen LogP contribution in [0.1, 0.15) is 27.3 Å². The number of pyridine rings is 1. The molecular formula is C18H17N3O4. The fourth-order valence-electron chi connectivity index (χ4n) is 2.88. The Hall–Kier alpha value is -3.22. The van der Waals surface area contributed by atoms with Gasteiger partial charge in [0, 0.05) is 25.5 Å². The Labute approximate surface area is 144 Å². The number of carboxylic acid groups (broad SMARTS) is 1. The van der Waals surface area contributed by atoms with Crippen molar-refractivity contribution in [2.24, 2.45) is 0 Å². The maximum absolute atomic E-state index is 12.7. The van der Waals surface area contributed by atoms with Crippen LogP contribution in [0.15, 0.2) is 48.7 Å². The van der Waals surface area contributed by atoms with E-state index in [4.69, 9.17) is 5.11 Å². The van der Waals surface area contributed by atoms with Crippen molar-refractivity contribution in [2.45, 2.75) is 12.5 Å². The van der Waals surface area contributed by atoms with E-state index >= 15 is 0 Å². The number of carbonyl (C=O) groups is 3. The SMILES string of the molecule is CN(C(=O)c1ccc(C(=O)O)nc1)C1CCN(c2ccccc2)C1=O. The van der Waals surface area contributed by atoms with Gasteiger partial charge in [0.1, 0.15) is 11.7 Å². The first-order valence-electron chi connectivity index (χ1n) is 7.82. The Morgan fingerprint density at radius 2 is 1.92 bits per heavy atom. The summed E-state index contributed by atoms with van der Waals surface area (Å²) in [6, 6.07) is 11.4. The Morgan fingerprint density at radius 1 is 1.20 bits per heavy atom. The van der Waals surface area contributed by atoms with Gasteiger partial charge in [0.25, 0.3) is 5.91 Å². The van der Waals surface area contributed by atoms with Crippen molar-refractivity contribution in [2.75, 3.05) is 18.5 Å². The molecule has 1 saturated heterocycles. The first-order valence-corrected chi connectivity index (χ1v) is 7.82. The molecule has 0 radical (unpaired) electrons. The number of para-hydroxylation sites is 1. The topological polar surface area (TPSA) is 90.8 Å². The maximum Gasteiger partial charge on any atom is 0.354 e. The number of likely N-dealkylation sites (N-methyl/N-ethyl adjacent to an activating group) is 1. The lowest BCUT2D eigenvalue weighted by atomic mass is 10.1. The van der Waals surface area contributed by atoms with Gasteiger partial charge in [0.15, 0.2) is 0 Å². The number of hydrogen-bond acceptors (Lipinski definition) is 4. The lowest BCUT2D eigenvalue weighted by molar-refractivity contribution is -0.120. The van der Waals surface area contributed by atoms with Gasteiger partial charge in [0.05, 0.1) is 5.56 Å². The molecule has 128 valence electrons. The van der Waals surface area contributed by atoms with E-state index in [9.17, 15) is 14.4 Å². The molecule has 0 bridgehead atoms. The monoisotopic (exact) mass is 339 g/mol. The summed E-state index contributed by atoms with van der Waals surface area (Å²) in [6.45, 7) is 0.543. The van der Waals surface area contributed by atoms with Crippen molar-refractivity contribution in [3.8, 4) is 0 Å². The molecule has 3 rings (SSSR count). The Morgan fingerprint density at radius 3 is 2.52 bits per heavy atom. The van der Waals surface area contributed by atoms with E-state index in [-0.39, 0.29) is 23.1 Å². The lowest BCUT2D eigenvalue weighted by Gasteiger charge is -2.24. The van der Waals surface area contributed by atoms with Gasteiger partial charge < -0.3 is 14.9 Å². The van der Waals surface area contributed by atoms with Crippen LogP contribution >= 0.6 is 0 Å². The highest BCUT2D eigenvalue weighted by molar-refractivity contribution is 6.03. The molecule has 0 spiro atoms. The third-order valence-electron chi connectivity index (χ3n) is 4.26. The first-order chi connectivity index (χ1) is 12.0. The molecule has 2 heterocycles. The average Bonchev–Trinajstić information content (AvgIpc) is 3.02. The van der Waals surface area contributed by atoms with Crippen molar-refractivity contribution >= 4 is 23.5 Å². The average molecular weight is 339 g/mol. The predicted molar refractivity (Wildman–Crippen MR) is 90.5 cm³/mol. The number of rotatable bonds is 4. The maximum atomic E-state index is 12.7. The second-order valence-electron chi connectivity index (χ2n) is 5.78. The lowest BCUT2D eigenvalue weighted by Crippen LogP contribution is -2.43. The van der Waals surface area contributed by atoms with E-state index in [1.807, 2.05) is 30.3 Å². The Bertz CT molecular complexity index is 805. The van der Waals surface area contributed by atoms with Gasteiger partial charge in [-0.05, 0) is 30.7 Å². The molecule has 25 heavy (non-hydrogen) atoms. The van der Waals surface area contributed by atoms with E-state index in [0.29, 0.717) is 13.0 Å². The molecular weight excluding hydrogens is 322 g/mol. The predicted octanol–water partition coefficient (Wildman–Crippen LogP) is 1.66. The van der Waals surface area contributed by atoms with Crippen molar-refractivity contribution in [1.29, 1.82) is 0 Å². The number of nitrogens with zero attached hydrogens (tertiary/aromatic N) is 3. The summed E-state index contributed by atoms with van der Waals surface area (Å²) in [5.41, 5.74) is 0.924. The fourth-order valence-corrected chi connectivity index (χ4v) is 2.88. The first kappa shape index (κ1) is 16.6. The van der Waals surface area contributed by atoms with Crippen molar-refractivity contribution in [1.82, 2.24) is 9.88 Å². The highest BCUT2D eigenvalue weighted by Gasteiger charge is 2.37. The Balaban J connectivity index is 1.74. The minimum atomic E-state index is -1.16. The summed E-state index contributed by atoms with van der Waals surface area (Å²) in [5, 5.41) is 8.86. The molecule has 1 unspecified atom stereocenters. The van der Waals surface area contributed by atoms with E-state index in [1.54, 1.807) is 11.9 Å². The summed E-state index contributed by atoms with van der Waals surface area (Å²) < 4.78 is 0. The second-order valence-corrected chi connectivity index (χ2v) is 5.78. The molecule has 1 N–H and O–H groups in total. The van der Waals surface area contributed by atoms with E-state index in [0.717, 1.165) is 5.69 Å². The van der Waals surface area contributed by atoms with E-state index < -0.39 is 12.0 Å². The van der Waals surface area contributed by atoms with E-state index in [1.165, 1.54) is 23.2 Å². The van der Waals surface area contributed by atoms with Gasteiger partial charge in [-0.25, -0.2) is 9.78 Å². The van der Waals surface area contributed by atoms with Crippen LogP contribution in [0.5, 0.6) is 0 Å². The number of amides is 2. The fraction of sp³-hybridized carbons (Fsp3) is 0.222. The summed E-state index contributed by atoms with van der Waals surface area (Å²) in [7, 11) is 1.57. The van der Waals surface area contributed by atoms with Crippen molar-refractivity contribution in [3.63, 3.8) is 0 Å². The summed E-state index contributed by atoms with van der Waals surface area (Å²) in [6.07, 6.45) is 1.76. The number of aromatic nitrogens is 1. The van der Waals surface area contributed by atoms with Crippen LogP contribution in [0.25, 0.3) is 0 Å². The van der Waals surface area contributed by atoms with Gasteiger partial charge in [-0.3, -0.25) is 9.59 Å². The zero-order valence-corrected chi connectivity index (χ0v) is 13.6. The molecule has 1 fully saturated rings. The molecule has 1 aliphatic heterocycles. The Kier molecular flexibility index (Phi) is 4.47. The minimum Gasteiger partial charge on any atom is -0.477 e. The van der Waals surface area contributed by atoms with Crippen LogP contribution in [0.4, 0.5) is 5.69 Å². The molecule has 1 aromatic carbocycles. The smallest absolute Gasteiger partial charge is 0.354 e. The van der Waals surface area contributed by atoms with Gasteiger partial charge in [0.2, 0.25) is 5.91 Å². The number of aromatic carboxylic acids is 1. The number of benzene rings is 1. The van der Waals surface area contributed by atoms with Crippen LogP contribution in [0, 0.1) is 0 Å². The van der Waals surface area contributed by atoms with Crippen molar-refractivity contribution < 1.29 is 19.5 Å². The summed E-state index contributed by atoms with van der Waals surface area (Å²) in [5.74, 6) is -1.65. The molecule has 1 aliphatic rings. The number of anilines is 1. The highest BCUT2D eigenvalue weighted by Crippen LogP contribution is 2.24. The van der Waals surface area contributed by atoms with Gasteiger partial charge in [-0.15, -0.1) is 0 Å². The van der Waals surface area contributed by atoms with Crippen LogP contribution in [-0.2, 0) is 4.79 Å². The normalized spacial score (nSPS) is 16.8. The summed E-state index contributed by atoms with van der Waals surface area (Å²) >= 11 is 0. The number of hydrogen-bond donors (Lipinski definition) is 1. The van der Waals surface area contributed by atoms with Crippen LogP contribution < -0.4 is 4.90 Å². The van der Waals surface area contributed by atoms with Crippen LogP contribution in [0.2, 0.25) is 0 Å².